The molecule has 109 heavy (non-hydrogen) atoms. The third-order valence-electron chi connectivity index (χ3n) is 21.3. The van der Waals surface area contributed by atoms with Gasteiger partial charge in [-0.15, -0.1) is 0 Å². The first-order valence-electron chi connectivity index (χ1n) is 46.6. The van der Waals surface area contributed by atoms with Gasteiger partial charge in [0.2, 0.25) is 0 Å². The Balaban J connectivity index is 5.19. The van der Waals surface area contributed by atoms with E-state index < -0.39 is 97.5 Å². The Kier molecular flexibility index (Phi) is 81.1. The van der Waals surface area contributed by atoms with Crippen molar-refractivity contribution in [1.82, 2.24) is 0 Å². The molecule has 0 rings (SSSR count). The number of unbranched alkanes of at least 4 members (excludes halogenated alkanes) is 62. The molecule has 2 unspecified atom stereocenters. The summed E-state index contributed by atoms with van der Waals surface area (Å²) in [4.78, 5) is 73.3. The van der Waals surface area contributed by atoms with Crippen LogP contribution in [0.25, 0.3) is 0 Å². The SMILES string of the molecule is CCCCCCCCCCCCCCCCCCCCCCCCC(=O)O[C@H](COC(=O)CCCCCCCCCCCCCCCCCCCCCCC)COP(=O)(O)OC[C@@H](O)COP(=O)(O)OC[C@@H](COC(=O)CCCCCCCCC(C)C)OC(=O)CCCCCCCCCCCCCCCCCCC. The Hall–Kier alpha value is -1.94. The number of carbonyl (C=O) groups is 4. The summed E-state index contributed by atoms with van der Waals surface area (Å²) < 4.78 is 69.0. The summed E-state index contributed by atoms with van der Waals surface area (Å²) >= 11 is 0. The average Bonchev–Trinajstić information content (AvgIpc) is 0.899. The molecule has 0 amide bonds. The van der Waals surface area contributed by atoms with Gasteiger partial charge in [-0.25, -0.2) is 9.13 Å². The van der Waals surface area contributed by atoms with Crippen LogP contribution in [0.5, 0.6) is 0 Å². The minimum Gasteiger partial charge on any atom is -0.462 e. The molecule has 0 saturated heterocycles. The molecule has 0 aliphatic carbocycles. The number of hydrogen-bond donors (Lipinski definition) is 3. The molecular formula is C90H176O17P2. The molecule has 0 aromatic rings. The highest BCUT2D eigenvalue weighted by Crippen LogP contribution is 2.45. The lowest BCUT2D eigenvalue weighted by atomic mass is 10.0. The van der Waals surface area contributed by atoms with Crippen LogP contribution < -0.4 is 0 Å². The van der Waals surface area contributed by atoms with Crippen molar-refractivity contribution in [2.24, 2.45) is 5.92 Å². The van der Waals surface area contributed by atoms with E-state index in [0.29, 0.717) is 31.6 Å². The number of aliphatic hydroxyl groups is 1. The van der Waals surface area contributed by atoms with Crippen molar-refractivity contribution in [3.05, 3.63) is 0 Å². The van der Waals surface area contributed by atoms with Gasteiger partial charge in [0, 0.05) is 25.7 Å². The number of carbonyl (C=O) groups excluding carboxylic acids is 4. The first-order valence-corrected chi connectivity index (χ1v) is 49.6. The Morgan fingerprint density at radius 3 is 0.624 bits per heavy atom. The maximum absolute atomic E-state index is 13.2. The summed E-state index contributed by atoms with van der Waals surface area (Å²) in [5, 5.41) is 10.7. The van der Waals surface area contributed by atoms with E-state index in [1.807, 2.05) is 0 Å². The molecule has 19 heteroatoms. The predicted molar refractivity (Wildman–Crippen MR) is 451 cm³/mol. The van der Waals surface area contributed by atoms with Crippen molar-refractivity contribution in [1.29, 1.82) is 0 Å². The Labute approximate surface area is 670 Å². The smallest absolute Gasteiger partial charge is 0.462 e. The topological polar surface area (TPSA) is 237 Å². The molecule has 0 spiro atoms. The average molecular weight is 1590 g/mol. The van der Waals surface area contributed by atoms with E-state index in [1.165, 1.54) is 308 Å². The lowest BCUT2D eigenvalue weighted by Crippen LogP contribution is -2.30. The van der Waals surface area contributed by atoms with E-state index in [2.05, 4.69) is 34.6 Å². The van der Waals surface area contributed by atoms with Gasteiger partial charge in [0.25, 0.3) is 0 Å². The number of phosphoric acid groups is 2. The fourth-order valence-electron chi connectivity index (χ4n) is 14.2. The molecule has 5 atom stereocenters. The number of esters is 4. The molecule has 0 fully saturated rings. The van der Waals surface area contributed by atoms with Gasteiger partial charge in [0.05, 0.1) is 26.4 Å². The fourth-order valence-corrected chi connectivity index (χ4v) is 15.8. The molecule has 648 valence electrons. The van der Waals surface area contributed by atoms with Crippen molar-refractivity contribution >= 4 is 39.5 Å². The monoisotopic (exact) mass is 1590 g/mol. The molecule has 17 nitrogen and oxygen atoms in total. The largest absolute Gasteiger partial charge is 0.472 e. The summed E-state index contributed by atoms with van der Waals surface area (Å²) in [6.07, 6.45) is 78.2. The quantitative estimate of drug-likeness (QED) is 0.0222. The van der Waals surface area contributed by atoms with Crippen molar-refractivity contribution in [3.8, 4) is 0 Å². The lowest BCUT2D eigenvalue weighted by Gasteiger charge is -2.21. The van der Waals surface area contributed by atoms with Gasteiger partial charge in [-0.3, -0.25) is 37.3 Å². The second kappa shape index (κ2) is 82.6. The van der Waals surface area contributed by atoms with Gasteiger partial charge in [-0.2, -0.15) is 0 Å². The molecule has 0 aliphatic rings. The van der Waals surface area contributed by atoms with Crippen molar-refractivity contribution in [3.63, 3.8) is 0 Å². The van der Waals surface area contributed by atoms with Gasteiger partial charge in [-0.05, 0) is 31.6 Å². The van der Waals surface area contributed by atoms with Gasteiger partial charge in [-0.1, -0.05) is 439 Å². The molecule has 0 aromatic carbocycles. The summed E-state index contributed by atoms with van der Waals surface area (Å²) in [7, 11) is -9.93. The lowest BCUT2D eigenvalue weighted by molar-refractivity contribution is -0.161. The minimum absolute atomic E-state index is 0.108. The van der Waals surface area contributed by atoms with Crippen LogP contribution in [-0.2, 0) is 65.4 Å². The number of hydrogen-bond acceptors (Lipinski definition) is 15. The predicted octanol–water partition coefficient (Wildman–Crippen LogP) is 27.9. The van der Waals surface area contributed by atoms with Crippen LogP contribution in [0.3, 0.4) is 0 Å². The van der Waals surface area contributed by atoms with Crippen molar-refractivity contribution < 1.29 is 80.2 Å². The molecular weight excluding hydrogens is 1410 g/mol. The molecule has 0 aliphatic heterocycles. The second-order valence-electron chi connectivity index (χ2n) is 32.8. The van der Waals surface area contributed by atoms with Crippen molar-refractivity contribution in [2.75, 3.05) is 39.6 Å². The molecule has 0 aromatic heterocycles. The van der Waals surface area contributed by atoms with Crippen LogP contribution in [0.1, 0.15) is 490 Å². The first kappa shape index (κ1) is 107. The third-order valence-corrected chi connectivity index (χ3v) is 23.2. The third kappa shape index (κ3) is 83.8. The molecule has 0 radical (unpaired) electrons. The van der Waals surface area contributed by atoms with E-state index >= 15 is 0 Å². The number of ether oxygens (including phenoxy) is 4. The van der Waals surface area contributed by atoms with E-state index in [-0.39, 0.29) is 25.7 Å². The van der Waals surface area contributed by atoms with Gasteiger partial charge in [0.1, 0.15) is 19.3 Å². The van der Waals surface area contributed by atoms with Gasteiger partial charge in [0.15, 0.2) is 12.2 Å². The Bertz CT molecular complexity index is 2070. The highest BCUT2D eigenvalue weighted by molar-refractivity contribution is 7.47. The van der Waals surface area contributed by atoms with E-state index in [0.717, 1.165) is 96.3 Å². The van der Waals surface area contributed by atoms with Crippen LogP contribution >= 0.6 is 15.6 Å². The van der Waals surface area contributed by atoms with Crippen LogP contribution in [0.15, 0.2) is 0 Å². The zero-order valence-corrected chi connectivity index (χ0v) is 73.5. The van der Waals surface area contributed by atoms with Gasteiger partial charge < -0.3 is 33.8 Å². The van der Waals surface area contributed by atoms with Crippen LogP contribution in [0, 0.1) is 5.92 Å². The Morgan fingerprint density at radius 2 is 0.422 bits per heavy atom. The van der Waals surface area contributed by atoms with E-state index in [9.17, 15) is 43.2 Å². The number of aliphatic hydroxyl groups excluding tert-OH is 1. The second-order valence-corrected chi connectivity index (χ2v) is 35.7. The maximum Gasteiger partial charge on any atom is 0.472 e. The van der Waals surface area contributed by atoms with Gasteiger partial charge >= 0.3 is 39.5 Å². The highest BCUT2D eigenvalue weighted by atomic mass is 31.2. The summed E-state index contributed by atoms with van der Waals surface area (Å²) in [5.74, 6) is -1.42. The zero-order chi connectivity index (χ0) is 79.7. The number of phosphoric ester groups is 2. The first-order chi connectivity index (χ1) is 53.0. The molecule has 3 N–H and O–H groups in total. The zero-order valence-electron chi connectivity index (χ0n) is 71.7. The van der Waals surface area contributed by atoms with Crippen LogP contribution in [-0.4, -0.2) is 96.7 Å². The molecule has 0 saturated carbocycles. The van der Waals surface area contributed by atoms with Crippen molar-refractivity contribution in [2.45, 2.75) is 509 Å². The summed E-state index contributed by atoms with van der Waals surface area (Å²) in [6, 6.07) is 0. The van der Waals surface area contributed by atoms with E-state index in [1.54, 1.807) is 0 Å². The normalized spacial score (nSPS) is 13.7. The summed E-state index contributed by atoms with van der Waals surface area (Å²) in [6.45, 7) is 7.30. The maximum atomic E-state index is 13.2. The minimum atomic E-state index is -4.97. The Morgan fingerprint density at radius 1 is 0.248 bits per heavy atom. The number of rotatable bonds is 90. The molecule has 0 heterocycles. The van der Waals surface area contributed by atoms with Crippen LogP contribution in [0.4, 0.5) is 0 Å². The highest BCUT2D eigenvalue weighted by Gasteiger charge is 2.31. The van der Waals surface area contributed by atoms with Crippen LogP contribution in [0.2, 0.25) is 0 Å². The van der Waals surface area contributed by atoms with E-state index in [4.69, 9.17) is 37.0 Å². The standard InChI is InChI=1S/C90H176O17P2/c1-6-9-12-15-18-21-24-27-30-33-35-37-39-41-44-47-50-53-56-59-66-70-75-89(94)106-85(79-100-87(92)73-68-63-57-54-51-48-45-43-40-38-36-34-31-28-25-22-19-16-13-10-7-2)81-104-108(96,97)102-77-84(91)78-103-109(98,99)105-82-86(80-101-88(93)74-69-64-61-60-62-67-72-83(4)5)107-90(95)76-71-65-58-55-52-49-46-42-32-29-26-23-20-17-14-11-8-3/h83-86,91H,6-82H2,1-5H3,(H,96,97)(H,98,99)/t84-,85-,86-/m1/s1. The fraction of sp³-hybridized carbons (Fsp3) is 0.956. The summed E-state index contributed by atoms with van der Waals surface area (Å²) in [5.41, 5.74) is 0. The molecule has 0 bridgehead atoms.